The number of pyridine rings is 1. The van der Waals surface area contributed by atoms with Crippen LogP contribution in [0.2, 0.25) is 0 Å². The van der Waals surface area contributed by atoms with Crippen LogP contribution in [-0.2, 0) is 19.3 Å². The molecule has 0 aliphatic carbocycles. The lowest BCUT2D eigenvalue weighted by atomic mass is 10.2. The van der Waals surface area contributed by atoms with E-state index in [9.17, 15) is 13.2 Å². The van der Waals surface area contributed by atoms with Crippen molar-refractivity contribution < 1.29 is 17.6 Å². The number of oxazole rings is 1. The standard InChI is InChI=1S/C12H12F3N3O/c1-8-11(18-7-19-8)6-16-5-10-3-2-9(4-17-10)12(13,14)15/h2-4,7,16H,5-6H2,1H3. The van der Waals surface area contributed by atoms with E-state index in [2.05, 4.69) is 15.3 Å². The van der Waals surface area contributed by atoms with Gasteiger partial charge in [0.25, 0.3) is 0 Å². The Morgan fingerprint density at radius 2 is 2.00 bits per heavy atom. The number of aromatic nitrogens is 2. The highest BCUT2D eigenvalue weighted by molar-refractivity contribution is 5.17. The van der Waals surface area contributed by atoms with Crippen LogP contribution >= 0.6 is 0 Å². The first kappa shape index (κ1) is 13.5. The van der Waals surface area contributed by atoms with Crippen molar-refractivity contribution >= 4 is 0 Å². The number of aryl methyl sites for hydroxylation is 1. The molecule has 0 aliphatic rings. The van der Waals surface area contributed by atoms with E-state index in [1.165, 1.54) is 12.5 Å². The normalized spacial score (nSPS) is 11.8. The summed E-state index contributed by atoms with van der Waals surface area (Å²) in [6.45, 7) is 2.63. The molecule has 1 N–H and O–H groups in total. The Morgan fingerprint density at radius 3 is 2.53 bits per heavy atom. The Balaban J connectivity index is 1.89. The maximum absolute atomic E-state index is 12.3. The fraction of sp³-hybridized carbons (Fsp3) is 0.333. The Morgan fingerprint density at radius 1 is 1.21 bits per heavy atom. The molecule has 2 aromatic rings. The molecule has 0 aromatic carbocycles. The third-order valence-electron chi connectivity index (χ3n) is 2.60. The summed E-state index contributed by atoms with van der Waals surface area (Å²) >= 11 is 0. The van der Waals surface area contributed by atoms with Crippen LogP contribution in [0, 0.1) is 6.92 Å². The zero-order chi connectivity index (χ0) is 13.9. The number of alkyl halides is 3. The Bertz CT molecular complexity index is 534. The van der Waals surface area contributed by atoms with Crippen LogP contribution in [0.4, 0.5) is 13.2 Å². The van der Waals surface area contributed by atoms with Crippen LogP contribution in [0.25, 0.3) is 0 Å². The summed E-state index contributed by atoms with van der Waals surface area (Å²) in [5.41, 5.74) is 0.560. The highest BCUT2D eigenvalue weighted by Gasteiger charge is 2.30. The van der Waals surface area contributed by atoms with E-state index in [0.29, 0.717) is 24.5 Å². The minimum Gasteiger partial charge on any atom is -0.448 e. The zero-order valence-electron chi connectivity index (χ0n) is 10.2. The molecule has 0 radical (unpaired) electrons. The lowest BCUT2D eigenvalue weighted by Crippen LogP contribution is -2.15. The van der Waals surface area contributed by atoms with Crippen molar-refractivity contribution in [1.82, 2.24) is 15.3 Å². The van der Waals surface area contributed by atoms with Gasteiger partial charge in [0.1, 0.15) is 5.76 Å². The summed E-state index contributed by atoms with van der Waals surface area (Å²) in [5, 5.41) is 3.04. The first-order valence-corrected chi connectivity index (χ1v) is 5.58. The number of halogens is 3. The van der Waals surface area contributed by atoms with Crippen LogP contribution in [0.1, 0.15) is 22.7 Å². The highest BCUT2D eigenvalue weighted by Crippen LogP contribution is 2.28. The molecule has 0 aliphatic heterocycles. The predicted octanol–water partition coefficient (Wildman–Crippen LogP) is 2.69. The van der Waals surface area contributed by atoms with Gasteiger partial charge in [-0.1, -0.05) is 0 Å². The Labute approximate surface area is 107 Å². The van der Waals surface area contributed by atoms with Gasteiger partial charge in [-0.3, -0.25) is 4.98 Å². The van der Waals surface area contributed by atoms with E-state index < -0.39 is 11.7 Å². The minimum absolute atomic E-state index is 0.366. The number of hydrogen-bond donors (Lipinski definition) is 1. The molecule has 0 fully saturated rings. The molecule has 0 saturated carbocycles. The molecule has 2 heterocycles. The van der Waals surface area contributed by atoms with Crippen molar-refractivity contribution in [3.63, 3.8) is 0 Å². The van der Waals surface area contributed by atoms with Crippen molar-refractivity contribution in [1.29, 1.82) is 0 Å². The third-order valence-corrected chi connectivity index (χ3v) is 2.60. The van der Waals surface area contributed by atoms with Crippen molar-refractivity contribution in [2.75, 3.05) is 0 Å². The summed E-state index contributed by atoms with van der Waals surface area (Å²) in [4.78, 5) is 7.76. The zero-order valence-corrected chi connectivity index (χ0v) is 10.2. The van der Waals surface area contributed by atoms with Gasteiger partial charge in [-0.25, -0.2) is 4.98 Å². The Hall–Kier alpha value is -1.89. The quantitative estimate of drug-likeness (QED) is 0.928. The molecule has 2 aromatic heterocycles. The number of nitrogens with one attached hydrogen (secondary N) is 1. The second-order valence-electron chi connectivity index (χ2n) is 3.99. The van der Waals surface area contributed by atoms with Crippen LogP contribution < -0.4 is 5.32 Å². The Kier molecular flexibility index (Phi) is 3.84. The monoisotopic (exact) mass is 271 g/mol. The lowest BCUT2D eigenvalue weighted by Gasteiger charge is -2.07. The molecule has 19 heavy (non-hydrogen) atoms. The first-order chi connectivity index (χ1) is 8.97. The van der Waals surface area contributed by atoms with Gasteiger partial charge in [-0.05, 0) is 19.1 Å². The second-order valence-corrected chi connectivity index (χ2v) is 3.99. The SMILES string of the molecule is Cc1ocnc1CNCc1ccc(C(F)(F)F)cn1. The fourth-order valence-corrected chi connectivity index (χ4v) is 1.50. The molecule has 0 spiro atoms. The van der Waals surface area contributed by atoms with Gasteiger partial charge in [0.2, 0.25) is 0 Å². The number of rotatable bonds is 4. The van der Waals surface area contributed by atoms with Gasteiger partial charge in [-0.15, -0.1) is 0 Å². The van der Waals surface area contributed by atoms with Gasteiger partial charge >= 0.3 is 6.18 Å². The van der Waals surface area contributed by atoms with Crippen LogP contribution in [0.3, 0.4) is 0 Å². The van der Waals surface area contributed by atoms with E-state index in [1.807, 2.05) is 0 Å². The molecule has 7 heteroatoms. The summed E-state index contributed by atoms with van der Waals surface area (Å²) in [5.74, 6) is 0.716. The topological polar surface area (TPSA) is 51.0 Å². The molecule has 0 bridgehead atoms. The van der Waals surface area contributed by atoms with E-state index in [-0.39, 0.29) is 0 Å². The summed E-state index contributed by atoms with van der Waals surface area (Å²) < 4.78 is 42.0. The van der Waals surface area contributed by atoms with E-state index >= 15 is 0 Å². The summed E-state index contributed by atoms with van der Waals surface area (Å²) in [7, 11) is 0. The van der Waals surface area contributed by atoms with Crippen molar-refractivity contribution in [2.24, 2.45) is 0 Å². The number of nitrogens with zero attached hydrogens (tertiary/aromatic N) is 2. The number of hydrogen-bond acceptors (Lipinski definition) is 4. The predicted molar refractivity (Wildman–Crippen MR) is 61.0 cm³/mol. The molecule has 102 valence electrons. The molecular formula is C12H12F3N3O. The van der Waals surface area contributed by atoms with E-state index in [1.54, 1.807) is 6.92 Å². The van der Waals surface area contributed by atoms with Crippen molar-refractivity contribution in [3.05, 3.63) is 47.4 Å². The highest BCUT2D eigenvalue weighted by atomic mass is 19.4. The second kappa shape index (κ2) is 5.40. The smallest absolute Gasteiger partial charge is 0.417 e. The van der Waals surface area contributed by atoms with Gasteiger partial charge < -0.3 is 9.73 Å². The van der Waals surface area contributed by atoms with E-state index in [0.717, 1.165) is 18.0 Å². The van der Waals surface area contributed by atoms with E-state index in [4.69, 9.17) is 4.42 Å². The average Bonchev–Trinajstić information content (AvgIpc) is 2.75. The minimum atomic E-state index is -4.35. The molecular weight excluding hydrogens is 259 g/mol. The maximum Gasteiger partial charge on any atom is 0.417 e. The van der Waals surface area contributed by atoms with Gasteiger partial charge in [0.15, 0.2) is 6.39 Å². The molecule has 0 amide bonds. The van der Waals surface area contributed by atoms with Crippen molar-refractivity contribution in [3.8, 4) is 0 Å². The van der Waals surface area contributed by atoms with Gasteiger partial charge in [0.05, 0.1) is 17.0 Å². The first-order valence-electron chi connectivity index (χ1n) is 5.58. The molecule has 4 nitrogen and oxygen atoms in total. The fourth-order valence-electron chi connectivity index (χ4n) is 1.50. The average molecular weight is 271 g/mol. The van der Waals surface area contributed by atoms with Gasteiger partial charge in [-0.2, -0.15) is 13.2 Å². The van der Waals surface area contributed by atoms with Crippen LogP contribution in [0.5, 0.6) is 0 Å². The molecule has 0 saturated heterocycles. The third kappa shape index (κ3) is 3.54. The largest absolute Gasteiger partial charge is 0.448 e. The summed E-state index contributed by atoms with van der Waals surface area (Å²) in [6, 6.07) is 2.37. The van der Waals surface area contributed by atoms with Crippen LogP contribution in [-0.4, -0.2) is 9.97 Å². The maximum atomic E-state index is 12.3. The van der Waals surface area contributed by atoms with Gasteiger partial charge in [0, 0.05) is 19.3 Å². The molecule has 0 unspecified atom stereocenters. The summed E-state index contributed by atoms with van der Waals surface area (Å²) in [6.07, 6.45) is -2.17. The van der Waals surface area contributed by atoms with Crippen molar-refractivity contribution in [2.45, 2.75) is 26.2 Å². The molecule has 2 rings (SSSR count). The van der Waals surface area contributed by atoms with Crippen LogP contribution in [0.15, 0.2) is 29.1 Å². The lowest BCUT2D eigenvalue weighted by molar-refractivity contribution is -0.137. The molecule has 0 atom stereocenters.